The van der Waals surface area contributed by atoms with E-state index >= 15 is 0 Å². The van der Waals surface area contributed by atoms with Gasteiger partial charge >= 0.3 is 0 Å². The molecule has 0 unspecified atom stereocenters. The number of carbonyl (C=O) groups excluding carboxylic acids is 1. The van der Waals surface area contributed by atoms with E-state index in [0.29, 0.717) is 29.7 Å². The van der Waals surface area contributed by atoms with Gasteiger partial charge in [0.25, 0.3) is 5.91 Å². The van der Waals surface area contributed by atoms with Gasteiger partial charge in [-0.2, -0.15) is 0 Å². The maximum Gasteiger partial charge on any atom is 0.276 e. The molecule has 4 rings (SSSR count). The third-order valence-electron chi connectivity index (χ3n) is 4.50. The summed E-state index contributed by atoms with van der Waals surface area (Å²) in [6, 6.07) is 3.74. The molecule has 24 heavy (non-hydrogen) atoms. The van der Waals surface area contributed by atoms with E-state index < -0.39 is 0 Å². The Morgan fingerprint density at radius 1 is 1.21 bits per heavy atom. The van der Waals surface area contributed by atoms with Gasteiger partial charge in [-0.15, -0.1) is 5.10 Å². The van der Waals surface area contributed by atoms with E-state index in [9.17, 15) is 4.79 Å². The molecule has 1 aliphatic carbocycles. The Labute approximate surface area is 145 Å². The quantitative estimate of drug-likeness (QED) is 0.843. The van der Waals surface area contributed by atoms with E-state index in [1.165, 1.54) is 12.8 Å². The highest BCUT2D eigenvalue weighted by atomic mass is 35.5. The summed E-state index contributed by atoms with van der Waals surface area (Å²) in [6.45, 7) is 3.67. The van der Waals surface area contributed by atoms with Crippen LogP contribution in [0.15, 0.2) is 24.5 Å². The highest BCUT2D eigenvalue weighted by molar-refractivity contribution is 6.30. The van der Waals surface area contributed by atoms with Gasteiger partial charge in [0.05, 0.1) is 11.2 Å². The molecule has 2 fully saturated rings. The second kappa shape index (κ2) is 6.39. The third kappa shape index (κ3) is 3.36. The first-order valence-corrected chi connectivity index (χ1v) is 8.63. The number of nitrogens with zero attached hydrogens (tertiary/aromatic N) is 6. The first-order valence-electron chi connectivity index (χ1n) is 8.25. The second-order valence-electron chi connectivity index (χ2n) is 6.38. The molecule has 1 amide bonds. The first-order chi connectivity index (χ1) is 11.7. The fourth-order valence-corrected chi connectivity index (χ4v) is 3.02. The Bertz CT molecular complexity index is 718. The highest BCUT2D eigenvalue weighted by Gasteiger charge is 2.26. The maximum absolute atomic E-state index is 12.6. The van der Waals surface area contributed by atoms with E-state index in [2.05, 4.69) is 20.2 Å². The zero-order valence-electron chi connectivity index (χ0n) is 13.3. The van der Waals surface area contributed by atoms with Crippen molar-refractivity contribution in [1.29, 1.82) is 0 Å². The number of carbonyl (C=O) groups is 1. The zero-order valence-corrected chi connectivity index (χ0v) is 14.1. The summed E-state index contributed by atoms with van der Waals surface area (Å²) in [5.41, 5.74) is 0.439. The van der Waals surface area contributed by atoms with Gasteiger partial charge in [-0.25, -0.2) is 4.98 Å². The number of pyridine rings is 1. The fourth-order valence-electron chi connectivity index (χ4n) is 2.91. The first kappa shape index (κ1) is 15.4. The number of anilines is 1. The predicted octanol–water partition coefficient (Wildman–Crippen LogP) is 1.70. The van der Waals surface area contributed by atoms with Gasteiger partial charge in [-0.3, -0.25) is 9.48 Å². The van der Waals surface area contributed by atoms with Crippen molar-refractivity contribution in [3.05, 3.63) is 35.2 Å². The van der Waals surface area contributed by atoms with E-state index in [4.69, 9.17) is 11.6 Å². The van der Waals surface area contributed by atoms with Crippen LogP contribution in [0, 0.1) is 5.92 Å². The van der Waals surface area contributed by atoms with Crippen molar-refractivity contribution in [3.63, 3.8) is 0 Å². The number of amides is 1. The lowest BCUT2D eigenvalue weighted by atomic mass is 10.2. The van der Waals surface area contributed by atoms with Crippen LogP contribution < -0.4 is 4.90 Å². The molecule has 2 aliphatic rings. The minimum atomic E-state index is -0.0410. The van der Waals surface area contributed by atoms with Gasteiger partial charge < -0.3 is 9.80 Å². The molecule has 0 atom stereocenters. The van der Waals surface area contributed by atoms with Gasteiger partial charge in [-0.05, 0) is 30.9 Å². The molecule has 1 aliphatic heterocycles. The third-order valence-corrected chi connectivity index (χ3v) is 4.73. The lowest BCUT2D eigenvalue weighted by molar-refractivity contribution is 0.0740. The molecule has 3 heterocycles. The van der Waals surface area contributed by atoms with Crippen molar-refractivity contribution in [3.8, 4) is 0 Å². The van der Waals surface area contributed by atoms with Crippen LogP contribution in [0.3, 0.4) is 0 Å². The van der Waals surface area contributed by atoms with E-state index in [-0.39, 0.29) is 5.91 Å². The summed E-state index contributed by atoms with van der Waals surface area (Å²) in [5.74, 6) is 1.56. The number of rotatable bonds is 4. The molecule has 1 saturated heterocycles. The molecule has 0 bridgehead atoms. The Morgan fingerprint density at radius 2 is 2.00 bits per heavy atom. The molecular weight excluding hydrogens is 328 g/mol. The van der Waals surface area contributed by atoms with Crippen LogP contribution in [-0.4, -0.2) is 57.0 Å². The summed E-state index contributed by atoms with van der Waals surface area (Å²) >= 11 is 5.87. The van der Waals surface area contributed by atoms with Crippen molar-refractivity contribution in [2.75, 3.05) is 31.1 Å². The fraction of sp³-hybridized carbons (Fsp3) is 0.500. The van der Waals surface area contributed by atoms with E-state index in [0.717, 1.165) is 25.5 Å². The minimum absolute atomic E-state index is 0.0410. The van der Waals surface area contributed by atoms with Crippen LogP contribution >= 0.6 is 11.6 Å². The lowest BCUT2D eigenvalue weighted by Crippen LogP contribution is -2.49. The molecule has 2 aromatic rings. The number of aromatic nitrogens is 4. The Morgan fingerprint density at radius 3 is 2.67 bits per heavy atom. The molecular formula is C16H19ClN6O. The molecule has 0 N–H and O–H groups in total. The van der Waals surface area contributed by atoms with Crippen molar-refractivity contribution in [2.24, 2.45) is 5.92 Å². The summed E-state index contributed by atoms with van der Waals surface area (Å²) in [5, 5.41) is 8.74. The molecule has 2 aromatic heterocycles. The molecule has 1 saturated carbocycles. The van der Waals surface area contributed by atoms with Gasteiger partial charge in [-0.1, -0.05) is 16.8 Å². The Balaban J connectivity index is 1.35. The average Bonchev–Trinajstić information content (AvgIpc) is 3.30. The number of hydrogen-bond acceptors (Lipinski definition) is 5. The van der Waals surface area contributed by atoms with Crippen molar-refractivity contribution in [1.82, 2.24) is 24.9 Å². The van der Waals surface area contributed by atoms with Crippen LogP contribution in [-0.2, 0) is 6.54 Å². The van der Waals surface area contributed by atoms with Crippen molar-refractivity contribution >= 4 is 23.3 Å². The van der Waals surface area contributed by atoms with Gasteiger partial charge in [0.2, 0.25) is 0 Å². The summed E-state index contributed by atoms with van der Waals surface area (Å²) in [4.78, 5) is 20.9. The maximum atomic E-state index is 12.6. The van der Waals surface area contributed by atoms with Crippen molar-refractivity contribution in [2.45, 2.75) is 19.4 Å². The molecule has 0 spiro atoms. The van der Waals surface area contributed by atoms with Crippen LogP contribution in [0.2, 0.25) is 5.02 Å². The Kier molecular flexibility index (Phi) is 4.10. The van der Waals surface area contributed by atoms with E-state index in [1.54, 1.807) is 17.1 Å². The van der Waals surface area contributed by atoms with Crippen LogP contribution in [0.5, 0.6) is 0 Å². The SMILES string of the molecule is O=C(c1cn(CC2CC2)nn1)N1CCN(c2ccc(Cl)cn2)CC1. The zero-order chi connectivity index (χ0) is 16.5. The minimum Gasteiger partial charge on any atom is -0.353 e. The van der Waals surface area contributed by atoms with Crippen molar-refractivity contribution < 1.29 is 4.79 Å². The molecule has 8 heteroatoms. The number of piperazine rings is 1. The Hall–Kier alpha value is -2.15. The average molecular weight is 347 g/mol. The summed E-state index contributed by atoms with van der Waals surface area (Å²) < 4.78 is 1.79. The highest BCUT2D eigenvalue weighted by Crippen LogP contribution is 2.30. The second-order valence-corrected chi connectivity index (χ2v) is 6.82. The summed E-state index contributed by atoms with van der Waals surface area (Å²) in [7, 11) is 0. The smallest absolute Gasteiger partial charge is 0.276 e. The number of halogens is 1. The van der Waals surface area contributed by atoms with Crippen LogP contribution in [0.4, 0.5) is 5.82 Å². The normalized spacial score (nSPS) is 18.0. The monoisotopic (exact) mass is 346 g/mol. The summed E-state index contributed by atoms with van der Waals surface area (Å²) in [6.07, 6.45) is 5.92. The van der Waals surface area contributed by atoms with E-state index in [1.807, 2.05) is 17.0 Å². The van der Waals surface area contributed by atoms with Crippen LogP contribution in [0.1, 0.15) is 23.3 Å². The predicted molar refractivity (Wildman–Crippen MR) is 90.1 cm³/mol. The molecule has 0 radical (unpaired) electrons. The largest absolute Gasteiger partial charge is 0.353 e. The van der Waals surface area contributed by atoms with Crippen LogP contribution in [0.25, 0.3) is 0 Å². The molecule has 126 valence electrons. The topological polar surface area (TPSA) is 67.2 Å². The molecule has 7 nitrogen and oxygen atoms in total. The standard InChI is InChI=1S/C16H19ClN6O/c17-13-3-4-15(18-9-13)21-5-7-22(8-6-21)16(24)14-11-23(20-19-14)10-12-1-2-12/h3-4,9,11-12H,1-2,5-8,10H2. The number of hydrogen-bond donors (Lipinski definition) is 0. The van der Waals surface area contributed by atoms with Gasteiger partial charge in [0.15, 0.2) is 5.69 Å². The lowest BCUT2D eigenvalue weighted by Gasteiger charge is -2.35. The van der Waals surface area contributed by atoms with Gasteiger partial charge in [0.1, 0.15) is 5.82 Å². The van der Waals surface area contributed by atoms with Gasteiger partial charge in [0, 0.05) is 38.9 Å². The molecule has 0 aromatic carbocycles.